The van der Waals surface area contributed by atoms with E-state index in [4.69, 9.17) is 11.6 Å². The Hall–Kier alpha value is -2.72. The highest BCUT2D eigenvalue weighted by Crippen LogP contribution is 2.32. The average Bonchev–Trinajstić information content (AvgIpc) is 2.76. The number of amides is 1. The lowest BCUT2D eigenvalue weighted by Gasteiger charge is -2.36. The third kappa shape index (κ3) is 4.07. The summed E-state index contributed by atoms with van der Waals surface area (Å²) in [5.74, 6) is 0.0398. The van der Waals surface area contributed by atoms with E-state index in [1.54, 1.807) is 18.5 Å². The summed E-state index contributed by atoms with van der Waals surface area (Å²) in [4.78, 5) is 23.7. The lowest BCUT2D eigenvalue weighted by Crippen LogP contribution is -2.38. The third-order valence-electron chi connectivity index (χ3n) is 5.23. The molecule has 0 radical (unpaired) electrons. The molecule has 5 heteroatoms. The van der Waals surface area contributed by atoms with E-state index in [1.165, 1.54) is 0 Å². The first kappa shape index (κ1) is 18.6. The van der Waals surface area contributed by atoms with Crippen molar-refractivity contribution >= 4 is 17.5 Å². The van der Waals surface area contributed by atoms with Gasteiger partial charge in [0.15, 0.2) is 0 Å². The fourth-order valence-electron chi connectivity index (χ4n) is 3.75. The van der Waals surface area contributed by atoms with Gasteiger partial charge in [-0.05, 0) is 54.7 Å². The van der Waals surface area contributed by atoms with Crippen LogP contribution in [-0.2, 0) is 6.42 Å². The molecular weight excluding hydrogens is 370 g/mol. The molecule has 0 spiro atoms. The molecular formula is C23H22ClN3O. The molecule has 3 aromatic rings. The Labute approximate surface area is 170 Å². The highest BCUT2D eigenvalue weighted by Gasteiger charge is 2.29. The molecule has 1 aliphatic rings. The van der Waals surface area contributed by atoms with E-state index >= 15 is 0 Å². The van der Waals surface area contributed by atoms with Crippen LogP contribution < -0.4 is 0 Å². The number of nitrogens with zero attached hydrogens (tertiary/aromatic N) is 3. The number of pyridine rings is 2. The second-order valence-corrected chi connectivity index (χ2v) is 7.51. The van der Waals surface area contributed by atoms with Crippen LogP contribution in [-0.4, -0.2) is 27.3 Å². The van der Waals surface area contributed by atoms with Crippen molar-refractivity contribution in [1.29, 1.82) is 0 Å². The lowest BCUT2D eigenvalue weighted by atomic mass is 9.95. The van der Waals surface area contributed by atoms with Gasteiger partial charge >= 0.3 is 0 Å². The number of aromatic nitrogens is 2. The fraction of sp³-hybridized carbons (Fsp3) is 0.261. The summed E-state index contributed by atoms with van der Waals surface area (Å²) in [6.45, 7) is 0.764. The van der Waals surface area contributed by atoms with E-state index in [1.807, 2.05) is 47.5 Å². The van der Waals surface area contributed by atoms with E-state index in [0.29, 0.717) is 12.0 Å². The van der Waals surface area contributed by atoms with Gasteiger partial charge in [-0.1, -0.05) is 35.9 Å². The smallest absolute Gasteiger partial charge is 0.255 e. The van der Waals surface area contributed by atoms with Crippen LogP contribution in [0.15, 0.2) is 67.1 Å². The van der Waals surface area contributed by atoms with Crippen molar-refractivity contribution in [2.24, 2.45) is 0 Å². The van der Waals surface area contributed by atoms with Crippen LogP contribution in [0.5, 0.6) is 0 Å². The van der Waals surface area contributed by atoms with Gasteiger partial charge in [0.2, 0.25) is 0 Å². The molecule has 0 bridgehead atoms. The predicted molar refractivity (Wildman–Crippen MR) is 110 cm³/mol. The van der Waals surface area contributed by atoms with E-state index in [0.717, 1.165) is 47.7 Å². The Morgan fingerprint density at radius 2 is 1.96 bits per heavy atom. The van der Waals surface area contributed by atoms with E-state index < -0.39 is 0 Å². The second kappa shape index (κ2) is 8.53. The first-order valence-electron chi connectivity index (χ1n) is 9.61. The molecule has 1 atom stereocenters. The Morgan fingerprint density at radius 3 is 2.71 bits per heavy atom. The van der Waals surface area contributed by atoms with Gasteiger partial charge in [-0.3, -0.25) is 14.8 Å². The largest absolute Gasteiger partial charge is 0.332 e. The second-order valence-electron chi connectivity index (χ2n) is 7.10. The van der Waals surface area contributed by atoms with Gasteiger partial charge in [0.25, 0.3) is 5.91 Å². The van der Waals surface area contributed by atoms with Crippen molar-refractivity contribution < 1.29 is 4.79 Å². The highest BCUT2D eigenvalue weighted by molar-refractivity contribution is 6.31. The molecule has 0 saturated carbocycles. The van der Waals surface area contributed by atoms with E-state index in [9.17, 15) is 4.79 Å². The molecule has 1 amide bonds. The summed E-state index contributed by atoms with van der Waals surface area (Å²) in [6.07, 6.45) is 9.03. The van der Waals surface area contributed by atoms with Crippen molar-refractivity contribution in [3.05, 3.63) is 94.5 Å². The molecule has 4 rings (SSSR count). The van der Waals surface area contributed by atoms with E-state index in [-0.39, 0.29) is 11.9 Å². The number of carbonyl (C=O) groups excluding carboxylic acids is 1. The lowest BCUT2D eigenvalue weighted by molar-refractivity contribution is 0.0610. The van der Waals surface area contributed by atoms with Crippen molar-refractivity contribution in [1.82, 2.24) is 14.9 Å². The summed E-state index contributed by atoms with van der Waals surface area (Å²) in [5.41, 5.74) is 3.76. The number of likely N-dealkylation sites (tertiary alicyclic amines) is 1. The number of halogens is 1. The molecule has 0 aliphatic carbocycles. The summed E-state index contributed by atoms with van der Waals surface area (Å²) in [7, 11) is 0. The van der Waals surface area contributed by atoms with Crippen LogP contribution in [0.1, 0.15) is 52.5 Å². The summed E-state index contributed by atoms with van der Waals surface area (Å²) >= 11 is 6.26. The Morgan fingerprint density at radius 1 is 1.07 bits per heavy atom. The molecule has 0 unspecified atom stereocenters. The quantitative estimate of drug-likeness (QED) is 0.622. The van der Waals surface area contributed by atoms with Crippen molar-refractivity contribution in [3.8, 4) is 0 Å². The van der Waals surface area contributed by atoms with E-state index in [2.05, 4.69) is 16.0 Å². The van der Waals surface area contributed by atoms with Gasteiger partial charge < -0.3 is 4.90 Å². The van der Waals surface area contributed by atoms with Crippen LogP contribution in [0.4, 0.5) is 0 Å². The normalized spacial score (nSPS) is 16.8. The van der Waals surface area contributed by atoms with Gasteiger partial charge in [-0.25, -0.2) is 0 Å². The first-order chi connectivity index (χ1) is 13.7. The standard InChI is InChI=1S/C23H22ClN3O/c24-21-8-2-1-6-17(21)14-20-11-10-18(16-26-20)22-9-3-4-13-27(22)23(28)19-7-5-12-25-15-19/h1-2,5-8,10-12,15-16,22H,3-4,9,13-14H2/t22-/m0/s1. The molecule has 1 aliphatic heterocycles. The number of hydrogen-bond donors (Lipinski definition) is 0. The zero-order chi connectivity index (χ0) is 19.3. The Bertz CT molecular complexity index is 944. The minimum absolute atomic E-state index is 0.0398. The number of hydrogen-bond acceptors (Lipinski definition) is 3. The monoisotopic (exact) mass is 391 g/mol. The van der Waals surface area contributed by atoms with Crippen LogP contribution in [0, 0.1) is 0 Å². The summed E-state index contributed by atoms with van der Waals surface area (Å²) < 4.78 is 0. The van der Waals surface area contributed by atoms with Gasteiger partial charge in [0, 0.05) is 42.3 Å². The van der Waals surface area contributed by atoms with Gasteiger partial charge in [0.05, 0.1) is 11.6 Å². The van der Waals surface area contributed by atoms with Gasteiger partial charge in [-0.15, -0.1) is 0 Å². The molecule has 1 fully saturated rings. The molecule has 142 valence electrons. The molecule has 2 aromatic heterocycles. The molecule has 28 heavy (non-hydrogen) atoms. The maximum Gasteiger partial charge on any atom is 0.255 e. The topological polar surface area (TPSA) is 46.1 Å². The number of rotatable bonds is 4. The minimum Gasteiger partial charge on any atom is -0.332 e. The Kier molecular flexibility index (Phi) is 5.68. The van der Waals surface area contributed by atoms with Crippen LogP contribution >= 0.6 is 11.6 Å². The SMILES string of the molecule is O=C(c1cccnc1)N1CCCC[C@H]1c1ccc(Cc2ccccc2Cl)nc1. The first-order valence-corrected chi connectivity index (χ1v) is 9.99. The molecule has 0 N–H and O–H groups in total. The maximum atomic E-state index is 13.0. The fourth-order valence-corrected chi connectivity index (χ4v) is 3.95. The number of benzene rings is 1. The summed E-state index contributed by atoms with van der Waals surface area (Å²) in [6, 6.07) is 15.7. The van der Waals surface area contributed by atoms with Crippen molar-refractivity contribution in [3.63, 3.8) is 0 Å². The zero-order valence-corrected chi connectivity index (χ0v) is 16.3. The molecule has 1 aromatic carbocycles. The maximum absolute atomic E-state index is 13.0. The molecule has 1 saturated heterocycles. The Balaban J connectivity index is 1.53. The molecule has 4 nitrogen and oxygen atoms in total. The summed E-state index contributed by atoms with van der Waals surface area (Å²) in [5, 5.41) is 0.758. The highest BCUT2D eigenvalue weighted by atomic mass is 35.5. The molecule has 3 heterocycles. The van der Waals surface area contributed by atoms with Crippen LogP contribution in [0.25, 0.3) is 0 Å². The van der Waals surface area contributed by atoms with Crippen molar-refractivity contribution in [2.75, 3.05) is 6.54 Å². The van der Waals surface area contributed by atoms with Crippen molar-refractivity contribution in [2.45, 2.75) is 31.7 Å². The van der Waals surface area contributed by atoms with Crippen LogP contribution in [0.2, 0.25) is 5.02 Å². The van der Waals surface area contributed by atoms with Crippen LogP contribution in [0.3, 0.4) is 0 Å². The predicted octanol–water partition coefficient (Wildman–Crippen LogP) is 5.09. The third-order valence-corrected chi connectivity index (χ3v) is 5.60. The number of carbonyl (C=O) groups is 1. The average molecular weight is 392 g/mol. The zero-order valence-electron chi connectivity index (χ0n) is 15.6. The van der Waals surface area contributed by atoms with Gasteiger partial charge in [0.1, 0.15) is 0 Å². The minimum atomic E-state index is 0.0398. The van der Waals surface area contributed by atoms with Gasteiger partial charge in [-0.2, -0.15) is 0 Å². The number of piperidine rings is 1.